The Morgan fingerprint density at radius 2 is 2.00 bits per heavy atom. The predicted molar refractivity (Wildman–Crippen MR) is 112 cm³/mol. The van der Waals surface area contributed by atoms with Crippen molar-refractivity contribution in [3.8, 4) is 5.75 Å². The van der Waals surface area contributed by atoms with Crippen LogP contribution in [0.3, 0.4) is 0 Å². The highest BCUT2D eigenvalue weighted by Gasteiger charge is 2.53. The van der Waals surface area contributed by atoms with E-state index in [1.54, 1.807) is 4.90 Å². The number of hydrogen-bond donors (Lipinski definition) is 0. The van der Waals surface area contributed by atoms with E-state index >= 15 is 0 Å². The Balaban J connectivity index is 1.33. The summed E-state index contributed by atoms with van der Waals surface area (Å²) < 4.78 is 13.0. The smallest absolute Gasteiger partial charge is 0.242 e. The van der Waals surface area contributed by atoms with Crippen LogP contribution < -0.4 is 4.74 Å². The number of fused-ring (bicyclic) bond motifs is 4. The van der Waals surface area contributed by atoms with Gasteiger partial charge in [-0.3, -0.25) is 9.59 Å². The largest absolute Gasteiger partial charge is 0.487 e. The van der Waals surface area contributed by atoms with Gasteiger partial charge < -0.3 is 19.3 Å². The number of carbonyl (C=O) groups excluding carboxylic acids is 2. The van der Waals surface area contributed by atoms with Gasteiger partial charge >= 0.3 is 0 Å². The summed E-state index contributed by atoms with van der Waals surface area (Å²) in [6.07, 6.45) is 5.35. The van der Waals surface area contributed by atoms with Crippen molar-refractivity contribution in [2.75, 3.05) is 19.6 Å². The zero-order valence-electron chi connectivity index (χ0n) is 18.0. The van der Waals surface area contributed by atoms with E-state index < -0.39 is 0 Å². The van der Waals surface area contributed by atoms with Gasteiger partial charge in [0.15, 0.2) is 0 Å². The van der Waals surface area contributed by atoms with Crippen LogP contribution in [0.15, 0.2) is 24.3 Å². The molecule has 4 atom stereocenters. The third kappa shape index (κ3) is 3.39. The van der Waals surface area contributed by atoms with E-state index in [9.17, 15) is 9.59 Å². The summed E-state index contributed by atoms with van der Waals surface area (Å²) >= 11 is 0. The molecule has 6 heteroatoms. The lowest BCUT2D eigenvalue weighted by Crippen LogP contribution is -2.55. The molecule has 4 heterocycles. The first-order valence-corrected chi connectivity index (χ1v) is 11.4. The molecule has 0 unspecified atom stereocenters. The van der Waals surface area contributed by atoms with Gasteiger partial charge in [0.2, 0.25) is 11.8 Å². The summed E-state index contributed by atoms with van der Waals surface area (Å²) in [5.41, 5.74) is 0.766. The van der Waals surface area contributed by atoms with Gasteiger partial charge in [-0.05, 0) is 45.6 Å². The van der Waals surface area contributed by atoms with Crippen LogP contribution in [-0.2, 0) is 14.3 Å². The highest BCUT2D eigenvalue weighted by Crippen LogP contribution is 2.52. The SMILES string of the molecule is CC1(C)Oc2ccccc2[C@@H]2O[C@@H]3CCN(C(=O)CN4CCCCCC4=O)[C@@H]3C[C@H]21. The molecule has 4 aliphatic heterocycles. The van der Waals surface area contributed by atoms with E-state index in [4.69, 9.17) is 9.47 Å². The zero-order valence-corrected chi connectivity index (χ0v) is 18.0. The van der Waals surface area contributed by atoms with Gasteiger partial charge in [0.25, 0.3) is 0 Å². The van der Waals surface area contributed by atoms with Gasteiger partial charge in [0, 0.05) is 31.0 Å². The molecule has 6 nitrogen and oxygen atoms in total. The molecule has 0 saturated carbocycles. The van der Waals surface area contributed by atoms with Gasteiger partial charge in [-0.1, -0.05) is 24.6 Å². The molecule has 0 radical (unpaired) electrons. The molecule has 1 aromatic rings. The molecule has 30 heavy (non-hydrogen) atoms. The summed E-state index contributed by atoms with van der Waals surface area (Å²) in [6.45, 7) is 5.87. The standard InChI is InChI=1S/C24H32N2O4/c1-24(2)17-14-18-20(29-23(17)16-8-5-6-9-19(16)30-24)11-13-26(18)22(28)15-25-12-7-3-4-10-21(25)27/h5-6,8-9,17-18,20,23H,3-4,7,10-15H2,1-2H3/t17-,18-,20-,23+/m1/s1. The highest BCUT2D eigenvalue weighted by molar-refractivity contribution is 5.85. The van der Waals surface area contributed by atoms with Crippen LogP contribution >= 0.6 is 0 Å². The Morgan fingerprint density at radius 3 is 2.87 bits per heavy atom. The molecule has 3 fully saturated rings. The Morgan fingerprint density at radius 1 is 1.17 bits per heavy atom. The second-order valence-electron chi connectivity index (χ2n) is 9.75. The first kappa shape index (κ1) is 19.9. The van der Waals surface area contributed by atoms with Crippen LogP contribution in [0.25, 0.3) is 0 Å². The summed E-state index contributed by atoms with van der Waals surface area (Å²) in [6, 6.07) is 8.22. The second kappa shape index (κ2) is 7.56. The van der Waals surface area contributed by atoms with Crippen molar-refractivity contribution in [3.63, 3.8) is 0 Å². The van der Waals surface area contributed by atoms with Crippen molar-refractivity contribution in [2.45, 2.75) is 76.2 Å². The first-order chi connectivity index (χ1) is 14.4. The van der Waals surface area contributed by atoms with E-state index in [1.165, 1.54) is 0 Å². The van der Waals surface area contributed by atoms with E-state index in [-0.39, 0.29) is 48.1 Å². The second-order valence-corrected chi connectivity index (χ2v) is 9.75. The van der Waals surface area contributed by atoms with Crippen LogP contribution in [0.5, 0.6) is 5.75 Å². The maximum absolute atomic E-state index is 13.2. The van der Waals surface area contributed by atoms with E-state index in [0.29, 0.717) is 19.5 Å². The maximum Gasteiger partial charge on any atom is 0.242 e. The Bertz CT molecular complexity index is 838. The molecule has 0 aliphatic carbocycles. The number of likely N-dealkylation sites (tertiary alicyclic amines) is 2. The molecule has 4 aliphatic rings. The molecule has 0 N–H and O–H groups in total. The highest BCUT2D eigenvalue weighted by atomic mass is 16.5. The zero-order chi connectivity index (χ0) is 20.9. The minimum atomic E-state index is -0.359. The predicted octanol–water partition coefficient (Wildman–Crippen LogP) is 3.31. The van der Waals surface area contributed by atoms with Crippen LogP contribution in [0.2, 0.25) is 0 Å². The lowest BCUT2D eigenvalue weighted by atomic mass is 9.74. The molecule has 1 aromatic carbocycles. The average molecular weight is 413 g/mol. The van der Waals surface area contributed by atoms with Crippen LogP contribution in [0, 0.1) is 5.92 Å². The quantitative estimate of drug-likeness (QED) is 0.748. The fourth-order valence-corrected chi connectivity index (χ4v) is 5.81. The summed E-state index contributed by atoms with van der Waals surface area (Å²) in [7, 11) is 0. The number of amides is 2. The van der Waals surface area contributed by atoms with Gasteiger partial charge in [0.1, 0.15) is 11.4 Å². The monoisotopic (exact) mass is 412 g/mol. The number of para-hydroxylation sites is 1. The van der Waals surface area contributed by atoms with Crippen molar-refractivity contribution in [1.82, 2.24) is 9.80 Å². The molecule has 0 spiro atoms. The number of benzene rings is 1. The Hall–Kier alpha value is -2.08. The minimum absolute atomic E-state index is 0.00781. The topological polar surface area (TPSA) is 59.1 Å². The summed E-state index contributed by atoms with van der Waals surface area (Å²) in [5.74, 6) is 1.28. The lowest BCUT2D eigenvalue weighted by molar-refractivity contribution is -0.168. The van der Waals surface area contributed by atoms with Gasteiger partial charge in [-0.15, -0.1) is 0 Å². The fourth-order valence-electron chi connectivity index (χ4n) is 5.81. The molecule has 0 aromatic heterocycles. The third-order valence-electron chi connectivity index (χ3n) is 7.48. The maximum atomic E-state index is 13.2. The number of ether oxygens (including phenoxy) is 2. The molecule has 3 saturated heterocycles. The molecular weight excluding hydrogens is 380 g/mol. The first-order valence-electron chi connectivity index (χ1n) is 11.4. The summed E-state index contributed by atoms with van der Waals surface area (Å²) in [5, 5.41) is 0. The van der Waals surface area contributed by atoms with Crippen LogP contribution in [0.4, 0.5) is 0 Å². The fraction of sp³-hybridized carbons (Fsp3) is 0.667. The van der Waals surface area contributed by atoms with E-state index in [1.807, 2.05) is 23.1 Å². The lowest BCUT2D eigenvalue weighted by Gasteiger charge is -2.50. The number of hydrogen-bond acceptors (Lipinski definition) is 4. The molecule has 0 bridgehead atoms. The molecule has 5 rings (SSSR count). The number of rotatable bonds is 2. The van der Waals surface area contributed by atoms with Crippen LogP contribution in [0.1, 0.15) is 64.0 Å². The molecule has 162 valence electrons. The van der Waals surface area contributed by atoms with Crippen molar-refractivity contribution in [1.29, 1.82) is 0 Å². The minimum Gasteiger partial charge on any atom is -0.487 e. The third-order valence-corrected chi connectivity index (χ3v) is 7.48. The van der Waals surface area contributed by atoms with Gasteiger partial charge in [-0.25, -0.2) is 0 Å². The molecular formula is C24H32N2O4. The molecule has 2 amide bonds. The average Bonchev–Trinajstić information content (AvgIpc) is 3.03. The number of nitrogens with zero attached hydrogens (tertiary/aromatic N) is 2. The van der Waals surface area contributed by atoms with Crippen molar-refractivity contribution < 1.29 is 19.1 Å². The number of carbonyl (C=O) groups is 2. The van der Waals surface area contributed by atoms with Crippen LogP contribution in [-0.4, -0.2) is 59.0 Å². The van der Waals surface area contributed by atoms with Gasteiger partial charge in [-0.2, -0.15) is 0 Å². The normalized spacial score (nSPS) is 32.5. The Kier molecular flexibility index (Phi) is 5.00. The Labute approximate surface area is 178 Å². The van der Waals surface area contributed by atoms with E-state index in [2.05, 4.69) is 19.9 Å². The van der Waals surface area contributed by atoms with Crippen molar-refractivity contribution in [2.24, 2.45) is 5.92 Å². The van der Waals surface area contributed by atoms with E-state index in [0.717, 1.165) is 43.4 Å². The van der Waals surface area contributed by atoms with Crippen molar-refractivity contribution in [3.05, 3.63) is 29.8 Å². The summed E-state index contributed by atoms with van der Waals surface area (Å²) in [4.78, 5) is 29.3. The van der Waals surface area contributed by atoms with Crippen molar-refractivity contribution >= 4 is 11.8 Å². The van der Waals surface area contributed by atoms with Gasteiger partial charge in [0.05, 0.1) is 24.8 Å².